The molecule has 2 atom stereocenters. The number of hydrogen-bond donors (Lipinski definition) is 2. The van der Waals surface area contributed by atoms with Crippen molar-refractivity contribution in [2.45, 2.75) is 64.4 Å². The molecule has 6 nitrogen and oxygen atoms in total. The zero-order valence-corrected chi connectivity index (χ0v) is 24.6. The topological polar surface area (TPSA) is 74.8 Å². The van der Waals surface area contributed by atoms with Crippen LogP contribution in [0.1, 0.15) is 61.2 Å². The molecule has 4 aromatic rings. The standard InChI is InChI=1S/C34H37F3N2O4/c1-21-14-26-25-11-4-5-12-29(25)38-32(26)33(39(21)20-34(2,3)37)31-27(35)16-24(17-28(31)36)43-18-23-9-6-8-22(15-23)10-7-13-42-19-30(40)41/h4-6,8-9,11-12,15-17,21,33,38H,7,10,13-14,18-20H2,1-3H3,(H,40,41)/t21-,33-/m1/s1. The fraction of sp³-hybridized carbons (Fsp3) is 0.382. The second-order valence-electron chi connectivity index (χ2n) is 11.9. The van der Waals surface area contributed by atoms with Crippen LogP contribution < -0.4 is 4.74 Å². The van der Waals surface area contributed by atoms with E-state index in [0.717, 1.165) is 27.6 Å². The zero-order valence-electron chi connectivity index (χ0n) is 24.6. The average molecular weight is 595 g/mol. The van der Waals surface area contributed by atoms with Crippen LogP contribution in [0.25, 0.3) is 10.9 Å². The molecule has 0 amide bonds. The molecule has 0 bridgehead atoms. The van der Waals surface area contributed by atoms with Gasteiger partial charge >= 0.3 is 5.97 Å². The first kappa shape index (κ1) is 30.6. The van der Waals surface area contributed by atoms with Crippen LogP contribution in [0.15, 0.2) is 60.7 Å². The van der Waals surface area contributed by atoms with Gasteiger partial charge in [-0.15, -0.1) is 0 Å². The predicted octanol–water partition coefficient (Wildman–Crippen LogP) is 7.14. The highest BCUT2D eigenvalue weighted by Gasteiger charge is 2.41. The summed E-state index contributed by atoms with van der Waals surface area (Å²) in [6.45, 7) is 5.04. The summed E-state index contributed by atoms with van der Waals surface area (Å²) in [4.78, 5) is 15.8. The van der Waals surface area contributed by atoms with Gasteiger partial charge < -0.3 is 19.6 Å². The van der Waals surface area contributed by atoms with E-state index in [2.05, 4.69) is 4.98 Å². The second-order valence-corrected chi connectivity index (χ2v) is 11.9. The SMILES string of the molecule is C[C@@H]1Cc2c([nH]c3ccccc23)[C@@H](c2c(F)cc(OCc3cccc(CCCOCC(=O)O)c3)cc2F)N1CC(C)(C)F. The van der Waals surface area contributed by atoms with Crippen molar-refractivity contribution in [3.05, 3.63) is 100 Å². The van der Waals surface area contributed by atoms with Gasteiger partial charge in [0.25, 0.3) is 0 Å². The maximum absolute atomic E-state index is 15.9. The molecule has 0 spiro atoms. The Morgan fingerprint density at radius 1 is 1.07 bits per heavy atom. The number of aliphatic carboxylic acids is 1. The summed E-state index contributed by atoms with van der Waals surface area (Å²) in [5.74, 6) is -2.45. The monoisotopic (exact) mass is 594 g/mol. The number of alkyl halides is 1. The number of halogens is 3. The Labute approximate surface area is 249 Å². The fourth-order valence-corrected chi connectivity index (χ4v) is 5.98. The van der Waals surface area contributed by atoms with E-state index in [1.165, 1.54) is 26.0 Å². The third-order valence-electron chi connectivity index (χ3n) is 7.78. The van der Waals surface area contributed by atoms with Gasteiger partial charge in [-0.25, -0.2) is 18.0 Å². The normalized spacial score (nSPS) is 17.3. The number of aromatic amines is 1. The summed E-state index contributed by atoms with van der Waals surface area (Å²) in [5.41, 5.74) is 2.68. The van der Waals surface area contributed by atoms with Crippen LogP contribution in [-0.2, 0) is 29.0 Å². The lowest BCUT2D eigenvalue weighted by Crippen LogP contribution is -2.48. The number of nitrogens with zero attached hydrogens (tertiary/aromatic N) is 1. The molecule has 0 unspecified atom stereocenters. The third kappa shape index (κ3) is 7.22. The molecule has 0 radical (unpaired) electrons. The van der Waals surface area contributed by atoms with Gasteiger partial charge in [-0.2, -0.15) is 0 Å². The smallest absolute Gasteiger partial charge is 0.329 e. The van der Waals surface area contributed by atoms with Crippen molar-refractivity contribution in [1.29, 1.82) is 0 Å². The van der Waals surface area contributed by atoms with E-state index in [1.807, 2.05) is 60.4 Å². The van der Waals surface area contributed by atoms with Gasteiger partial charge in [-0.05, 0) is 62.8 Å². The number of carboxylic acids is 1. The maximum Gasteiger partial charge on any atom is 0.329 e. The number of nitrogens with one attached hydrogen (secondary N) is 1. The predicted molar refractivity (Wildman–Crippen MR) is 159 cm³/mol. The molecule has 3 aromatic carbocycles. The molecule has 2 N–H and O–H groups in total. The molecule has 1 aliphatic heterocycles. The molecule has 2 heterocycles. The number of para-hydroxylation sites is 1. The molecular weight excluding hydrogens is 557 g/mol. The third-order valence-corrected chi connectivity index (χ3v) is 7.78. The number of benzene rings is 3. The summed E-state index contributed by atoms with van der Waals surface area (Å²) < 4.78 is 57.7. The van der Waals surface area contributed by atoms with Crippen molar-refractivity contribution < 1.29 is 32.5 Å². The number of aryl methyl sites for hydroxylation is 1. The molecule has 43 heavy (non-hydrogen) atoms. The fourth-order valence-electron chi connectivity index (χ4n) is 5.98. The largest absolute Gasteiger partial charge is 0.489 e. The highest BCUT2D eigenvalue weighted by Crippen LogP contribution is 2.43. The molecule has 1 aromatic heterocycles. The van der Waals surface area contributed by atoms with Crippen molar-refractivity contribution in [3.8, 4) is 5.75 Å². The van der Waals surface area contributed by atoms with Gasteiger partial charge in [-0.3, -0.25) is 4.90 Å². The number of rotatable bonds is 12. The Morgan fingerprint density at radius 3 is 2.51 bits per heavy atom. The molecule has 0 aliphatic carbocycles. The van der Waals surface area contributed by atoms with Crippen LogP contribution in [0.5, 0.6) is 5.75 Å². The minimum Gasteiger partial charge on any atom is -0.489 e. The van der Waals surface area contributed by atoms with E-state index in [9.17, 15) is 4.79 Å². The summed E-state index contributed by atoms with van der Waals surface area (Å²) in [6.07, 6.45) is 1.97. The molecule has 0 saturated heterocycles. The summed E-state index contributed by atoms with van der Waals surface area (Å²) in [6, 6.07) is 16.8. The van der Waals surface area contributed by atoms with E-state index in [1.54, 1.807) is 0 Å². The number of ether oxygens (including phenoxy) is 2. The van der Waals surface area contributed by atoms with Gasteiger partial charge in [-0.1, -0.05) is 42.5 Å². The van der Waals surface area contributed by atoms with Crippen LogP contribution in [0, 0.1) is 11.6 Å². The van der Waals surface area contributed by atoms with E-state index < -0.39 is 29.3 Å². The van der Waals surface area contributed by atoms with Gasteiger partial charge in [0.15, 0.2) is 0 Å². The number of carbonyl (C=O) groups is 1. The van der Waals surface area contributed by atoms with Crippen molar-refractivity contribution >= 4 is 16.9 Å². The zero-order chi connectivity index (χ0) is 30.7. The van der Waals surface area contributed by atoms with Crippen molar-refractivity contribution in [3.63, 3.8) is 0 Å². The number of fused-ring (bicyclic) bond motifs is 3. The Kier molecular flexibility index (Phi) is 9.13. The van der Waals surface area contributed by atoms with Gasteiger partial charge in [0.2, 0.25) is 0 Å². The van der Waals surface area contributed by atoms with Gasteiger partial charge in [0.1, 0.15) is 36.3 Å². The molecule has 1 aliphatic rings. The van der Waals surface area contributed by atoms with E-state index in [0.29, 0.717) is 31.6 Å². The van der Waals surface area contributed by atoms with Crippen LogP contribution in [0.4, 0.5) is 13.2 Å². The highest BCUT2D eigenvalue weighted by molar-refractivity contribution is 5.85. The molecule has 5 rings (SSSR count). The van der Waals surface area contributed by atoms with Crippen molar-refractivity contribution in [2.75, 3.05) is 19.8 Å². The lowest BCUT2D eigenvalue weighted by molar-refractivity contribution is -0.142. The summed E-state index contributed by atoms with van der Waals surface area (Å²) in [7, 11) is 0. The van der Waals surface area contributed by atoms with Crippen LogP contribution in [-0.4, -0.2) is 52.4 Å². The van der Waals surface area contributed by atoms with Gasteiger partial charge in [0, 0.05) is 53.5 Å². The Bertz CT molecular complexity index is 1570. The highest BCUT2D eigenvalue weighted by atomic mass is 19.1. The first-order chi connectivity index (χ1) is 20.5. The number of carboxylic acid groups (broad SMARTS) is 1. The maximum atomic E-state index is 15.9. The lowest BCUT2D eigenvalue weighted by Gasteiger charge is -2.43. The van der Waals surface area contributed by atoms with Crippen molar-refractivity contribution in [2.24, 2.45) is 0 Å². The minimum absolute atomic E-state index is 0.00674. The number of H-pyrrole nitrogens is 1. The van der Waals surface area contributed by atoms with E-state index in [-0.39, 0.29) is 37.1 Å². The quantitative estimate of drug-likeness (QED) is 0.171. The first-order valence-electron chi connectivity index (χ1n) is 14.5. The lowest BCUT2D eigenvalue weighted by atomic mass is 9.87. The number of aromatic nitrogens is 1. The van der Waals surface area contributed by atoms with Gasteiger partial charge in [0.05, 0.1) is 6.04 Å². The molecule has 9 heteroatoms. The molecule has 0 saturated carbocycles. The first-order valence-corrected chi connectivity index (χ1v) is 14.5. The average Bonchev–Trinajstić information content (AvgIpc) is 3.30. The van der Waals surface area contributed by atoms with Crippen LogP contribution in [0.2, 0.25) is 0 Å². The minimum atomic E-state index is -1.58. The molecule has 228 valence electrons. The van der Waals surface area contributed by atoms with E-state index >= 15 is 13.2 Å². The van der Waals surface area contributed by atoms with Crippen LogP contribution in [0.3, 0.4) is 0 Å². The molecule has 0 fully saturated rings. The van der Waals surface area contributed by atoms with Crippen LogP contribution >= 0.6 is 0 Å². The second kappa shape index (κ2) is 12.8. The summed E-state index contributed by atoms with van der Waals surface area (Å²) >= 11 is 0. The Hall–Kier alpha value is -3.82. The number of hydrogen-bond acceptors (Lipinski definition) is 4. The summed E-state index contributed by atoms with van der Waals surface area (Å²) in [5, 5.41) is 9.67. The Balaban J connectivity index is 1.37. The Morgan fingerprint density at radius 2 is 1.79 bits per heavy atom. The molecular formula is C34H37F3N2O4. The van der Waals surface area contributed by atoms with E-state index in [4.69, 9.17) is 14.6 Å². The van der Waals surface area contributed by atoms with Crippen molar-refractivity contribution in [1.82, 2.24) is 9.88 Å².